The van der Waals surface area contributed by atoms with Crippen LogP contribution in [-0.2, 0) is 5.41 Å². The summed E-state index contributed by atoms with van der Waals surface area (Å²) in [5.41, 5.74) is 16.6. The van der Waals surface area contributed by atoms with Crippen molar-refractivity contribution in [2.45, 2.75) is 19.3 Å². The molecule has 0 radical (unpaired) electrons. The lowest BCUT2D eigenvalue weighted by Crippen LogP contribution is -2.15. The van der Waals surface area contributed by atoms with Gasteiger partial charge in [0.15, 0.2) is 0 Å². The molecule has 0 amide bonds. The van der Waals surface area contributed by atoms with Crippen LogP contribution in [0.4, 0.5) is 0 Å². The van der Waals surface area contributed by atoms with Gasteiger partial charge in [0, 0.05) is 32.8 Å². The van der Waals surface area contributed by atoms with E-state index >= 15 is 0 Å². The second-order valence-corrected chi connectivity index (χ2v) is 14.3. The average molecular weight is 664 g/mol. The van der Waals surface area contributed by atoms with Crippen molar-refractivity contribution in [2.75, 3.05) is 0 Å². The van der Waals surface area contributed by atoms with Crippen LogP contribution in [0.25, 0.3) is 83.0 Å². The number of rotatable bonds is 4. The highest BCUT2D eigenvalue weighted by molar-refractivity contribution is 6.14. The molecule has 1 aliphatic rings. The first-order valence-electron chi connectivity index (χ1n) is 17.8. The van der Waals surface area contributed by atoms with E-state index in [-0.39, 0.29) is 5.41 Å². The van der Waals surface area contributed by atoms with Crippen LogP contribution in [0.1, 0.15) is 30.5 Å². The second-order valence-electron chi connectivity index (χ2n) is 14.3. The number of pyridine rings is 1. The highest BCUT2D eigenvalue weighted by Crippen LogP contribution is 2.53. The van der Waals surface area contributed by atoms with Crippen molar-refractivity contribution >= 4 is 32.7 Å². The zero-order chi connectivity index (χ0) is 35.0. The van der Waals surface area contributed by atoms with E-state index < -0.39 is 0 Å². The summed E-state index contributed by atoms with van der Waals surface area (Å²) in [6.07, 6.45) is 0. The van der Waals surface area contributed by atoms with Crippen molar-refractivity contribution in [1.29, 1.82) is 5.26 Å². The fourth-order valence-electron chi connectivity index (χ4n) is 8.58. The van der Waals surface area contributed by atoms with Crippen LogP contribution in [0.15, 0.2) is 164 Å². The Kier molecular flexibility index (Phi) is 6.59. The molecule has 0 atom stereocenters. The number of nitrogens with zero attached hydrogens (tertiary/aromatic N) is 3. The number of hydrogen-bond acceptors (Lipinski definition) is 2. The maximum absolute atomic E-state index is 9.57. The highest BCUT2D eigenvalue weighted by atomic mass is 15.0. The Labute approximate surface area is 302 Å². The first-order chi connectivity index (χ1) is 25.5. The summed E-state index contributed by atoms with van der Waals surface area (Å²) in [6, 6.07) is 60.5. The van der Waals surface area contributed by atoms with Crippen LogP contribution < -0.4 is 0 Å². The van der Waals surface area contributed by atoms with Gasteiger partial charge >= 0.3 is 0 Å². The van der Waals surface area contributed by atoms with Crippen LogP contribution in [0.5, 0.6) is 0 Å². The van der Waals surface area contributed by atoms with Crippen molar-refractivity contribution in [3.63, 3.8) is 0 Å². The topological polar surface area (TPSA) is 41.6 Å². The molecule has 244 valence electrons. The van der Waals surface area contributed by atoms with Crippen LogP contribution in [0, 0.1) is 11.3 Å². The summed E-state index contributed by atoms with van der Waals surface area (Å²) < 4.78 is 2.43. The fraction of sp³-hybridized carbons (Fsp3) is 0.0612. The third-order valence-electron chi connectivity index (χ3n) is 11.0. The molecule has 0 bridgehead atoms. The average Bonchev–Trinajstić information content (AvgIpc) is 3.66. The van der Waals surface area contributed by atoms with E-state index in [4.69, 9.17) is 4.98 Å². The lowest BCUT2D eigenvalue weighted by atomic mass is 9.80. The number of nitriles is 1. The molecule has 0 saturated heterocycles. The normalized spacial score (nSPS) is 12.9. The molecular weight excluding hydrogens is 631 g/mol. The van der Waals surface area contributed by atoms with Gasteiger partial charge in [-0.25, -0.2) is 4.98 Å². The Balaban J connectivity index is 1.27. The molecule has 2 heterocycles. The van der Waals surface area contributed by atoms with E-state index in [1.807, 2.05) is 24.3 Å². The largest absolute Gasteiger partial charge is 0.309 e. The van der Waals surface area contributed by atoms with Crippen molar-refractivity contribution in [3.05, 3.63) is 180 Å². The molecule has 10 rings (SSSR count). The van der Waals surface area contributed by atoms with Gasteiger partial charge in [0.1, 0.15) is 0 Å². The van der Waals surface area contributed by atoms with E-state index in [0.717, 1.165) is 55.6 Å². The van der Waals surface area contributed by atoms with E-state index in [1.54, 1.807) is 0 Å². The van der Waals surface area contributed by atoms with Gasteiger partial charge in [-0.15, -0.1) is 0 Å². The number of para-hydroxylation sites is 2. The second kappa shape index (κ2) is 11.4. The molecule has 52 heavy (non-hydrogen) atoms. The number of aromatic nitrogens is 2. The van der Waals surface area contributed by atoms with Gasteiger partial charge in [-0.1, -0.05) is 123 Å². The zero-order valence-electron chi connectivity index (χ0n) is 28.9. The molecule has 0 N–H and O–H groups in total. The first kappa shape index (κ1) is 30.1. The Morgan fingerprint density at radius 1 is 0.538 bits per heavy atom. The van der Waals surface area contributed by atoms with Crippen LogP contribution in [0.2, 0.25) is 0 Å². The van der Waals surface area contributed by atoms with Gasteiger partial charge in [0.2, 0.25) is 0 Å². The van der Waals surface area contributed by atoms with Crippen LogP contribution in [-0.4, -0.2) is 9.55 Å². The number of benzene rings is 7. The lowest BCUT2D eigenvalue weighted by Gasteiger charge is -2.22. The minimum atomic E-state index is -0.154. The molecule has 2 aromatic heterocycles. The van der Waals surface area contributed by atoms with Gasteiger partial charge in [-0.05, 0) is 99.1 Å². The molecular formula is C49H33N3. The molecule has 9 aromatic rings. The Morgan fingerprint density at radius 3 is 2.08 bits per heavy atom. The molecule has 3 heteroatoms. The maximum atomic E-state index is 9.57. The van der Waals surface area contributed by atoms with Crippen LogP contribution >= 0.6 is 0 Å². The van der Waals surface area contributed by atoms with E-state index in [1.165, 1.54) is 38.5 Å². The third kappa shape index (κ3) is 4.48. The van der Waals surface area contributed by atoms with E-state index in [2.05, 4.69) is 164 Å². The minimum absolute atomic E-state index is 0.154. The van der Waals surface area contributed by atoms with E-state index in [9.17, 15) is 5.26 Å². The summed E-state index contributed by atoms with van der Waals surface area (Å²) in [4.78, 5) is 5.28. The highest BCUT2D eigenvalue weighted by Gasteiger charge is 2.38. The molecule has 7 aromatic carbocycles. The Hall–Kier alpha value is -6.76. The number of fused-ring (bicyclic) bond motifs is 8. The van der Waals surface area contributed by atoms with Crippen molar-refractivity contribution in [1.82, 2.24) is 9.55 Å². The molecule has 0 saturated carbocycles. The Bertz CT molecular complexity index is 2920. The SMILES string of the molecule is CC1(C)c2ccccc2-c2ccc3c(c21)c1ccccc1n3-c1cc(-c2ccc(C#N)cc2)cc(-c2cc(-c3ccccc3)c3ccccc3n2)c1. The smallest absolute Gasteiger partial charge is 0.0991 e. The molecule has 0 unspecified atom stereocenters. The summed E-state index contributed by atoms with van der Waals surface area (Å²) >= 11 is 0. The maximum Gasteiger partial charge on any atom is 0.0991 e. The first-order valence-corrected chi connectivity index (χ1v) is 17.8. The molecule has 0 fully saturated rings. The van der Waals surface area contributed by atoms with Crippen molar-refractivity contribution < 1.29 is 0 Å². The van der Waals surface area contributed by atoms with Gasteiger partial charge in [-0.2, -0.15) is 5.26 Å². The van der Waals surface area contributed by atoms with Gasteiger partial charge in [-0.3, -0.25) is 0 Å². The van der Waals surface area contributed by atoms with Crippen LogP contribution in [0.3, 0.4) is 0 Å². The monoisotopic (exact) mass is 663 g/mol. The van der Waals surface area contributed by atoms with Crippen molar-refractivity contribution in [2.24, 2.45) is 0 Å². The van der Waals surface area contributed by atoms with Gasteiger partial charge < -0.3 is 4.57 Å². The summed E-state index contributed by atoms with van der Waals surface area (Å²) in [6.45, 7) is 4.73. The molecule has 0 spiro atoms. The number of hydrogen-bond donors (Lipinski definition) is 0. The Morgan fingerprint density at radius 2 is 1.25 bits per heavy atom. The molecule has 3 nitrogen and oxygen atoms in total. The standard InChI is InChI=1S/C49H33N3/c1-49(2)42-17-9-6-14-37(42)39-24-25-46-47(48(39)49)40-16-8-11-19-45(40)52(46)36-27-34(32-22-20-31(30-50)21-23-32)26-35(28-36)44-29-41(33-12-4-3-5-13-33)38-15-7-10-18-43(38)51-44/h3-29H,1-2H3. The predicted molar refractivity (Wildman–Crippen MR) is 215 cm³/mol. The third-order valence-corrected chi connectivity index (χ3v) is 11.0. The lowest BCUT2D eigenvalue weighted by molar-refractivity contribution is 0.666. The van der Waals surface area contributed by atoms with Crippen molar-refractivity contribution in [3.8, 4) is 56.4 Å². The minimum Gasteiger partial charge on any atom is -0.309 e. The predicted octanol–water partition coefficient (Wildman–Crippen LogP) is 12.5. The summed E-state index contributed by atoms with van der Waals surface area (Å²) in [7, 11) is 0. The molecule has 1 aliphatic carbocycles. The summed E-state index contributed by atoms with van der Waals surface area (Å²) in [5, 5.41) is 13.2. The zero-order valence-corrected chi connectivity index (χ0v) is 28.9. The van der Waals surface area contributed by atoms with Gasteiger partial charge in [0.25, 0.3) is 0 Å². The van der Waals surface area contributed by atoms with E-state index in [0.29, 0.717) is 5.56 Å². The van der Waals surface area contributed by atoms with Gasteiger partial charge in [0.05, 0.1) is 33.9 Å². The summed E-state index contributed by atoms with van der Waals surface area (Å²) in [5.74, 6) is 0. The molecule has 0 aliphatic heterocycles. The quantitative estimate of drug-likeness (QED) is 0.188. The fourth-order valence-corrected chi connectivity index (χ4v) is 8.58.